The number of benzene rings is 2. The molecule has 20 heavy (non-hydrogen) atoms. The zero-order valence-corrected chi connectivity index (χ0v) is 11.6. The first kappa shape index (κ1) is 13.0. The number of hydrogen-bond donors (Lipinski definition) is 0. The average Bonchev–Trinajstić information content (AvgIpc) is 2.53. The summed E-state index contributed by atoms with van der Waals surface area (Å²) in [5.41, 5.74) is 0.714. The molecule has 1 aliphatic carbocycles. The zero-order chi connectivity index (χ0) is 13.8. The Morgan fingerprint density at radius 3 is 2.50 bits per heavy atom. The molecule has 0 N–H and O–H groups in total. The average molecular weight is 265 g/mol. The highest BCUT2D eigenvalue weighted by molar-refractivity contribution is 5.92. The molecule has 0 bridgehead atoms. The number of hydrogen-bond acceptors (Lipinski definition) is 2. The topological polar surface area (TPSA) is 33.0 Å². The maximum Gasteiger partial charge on any atom is 0.127 e. The lowest BCUT2D eigenvalue weighted by molar-refractivity contribution is 0.210. The minimum atomic E-state index is 0.693. The molecule has 0 heterocycles. The first-order valence-electron chi connectivity index (χ1n) is 7.43. The van der Waals surface area contributed by atoms with E-state index in [4.69, 9.17) is 10.00 Å². The van der Waals surface area contributed by atoms with Crippen LogP contribution in [-0.2, 0) is 0 Å². The fraction of sp³-hybridized carbons (Fsp3) is 0.389. The molecule has 1 aliphatic rings. The minimum absolute atomic E-state index is 0.693. The van der Waals surface area contributed by atoms with Gasteiger partial charge in [-0.3, -0.25) is 0 Å². The van der Waals surface area contributed by atoms with Gasteiger partial charge in [-0.1, -0.05) is 43.5 Å². The Morgan fingerprint density at radius 2 is 1.75 bits per heavy atom. The molecule has 1 saturated carbocycles. The summed E-state index contributed by atoms with van der Waals surface area (Å²) in [6.07, 6.45) is 6.61. The van der Waals surface area contributed by atoms with E-state index in [-0.39, 0.29) is 0 Å². The number of nitrogens with zero attached hydrogens (tertiary/aromatic N) is 1. The predicted molar refractivity (Wildman–Crippen MR) is 80.7 cm³/mol. The maximum absolute atomic E-state index is 9.17. The second kappa shape index (κ2) is 5.96. The van der Waals surface area contributed by atoms with Gasteiger partial charge in [-0.25, -0.2) is 0 Å². The summed E-state index contributed by atoms with van der Waals surface area (Å²) >= 11 is 0. The van der Waals surface area contributed by atoms with Gasteiger partial charge in [0.15, 0.2) is 0 Å². The largest absolute Gasteiger partial charge is 0.493 e. The highest BCUT2D eigenvalue weighted by Crippen LogP contribution is 2.30. The van der Waals surface area contributed by atoms with Crippen LogP contribution in [0.15, 0.2) is 36.4 Å². The van der Waals surface area contributed by atoms with E-state index in [0.717, 1.165) is 23.1 Å². The van der Waals surface area contributed by atoms with Gasteiger partial charge in [0, 0.05) is 10.8 Å². The van der Waals surface area contributed by atoms with E-state index in [9.17, 15) is 0 Å². The smallest absolute Gasteiger partial charge is 0.127 e. The third-order valence-electron chi connectivity index (χ3n) is 4.20. The summed E-state index contributed by atoms with van der Waals surface area (Å²) in [6.45, 7) is 0.801. The third kappa shape index (κ3) is 2.63. The molecule has 0 aromatic heterocycles. The van der Waals surface area contributed by atoms with E-state index in [1.54, 1.807) is 0 Å². The van der Waals surface area contributed by atoms with Crippen LogP contribution >= 0.6 is 0 Å². The number of ether oxygens (including phenoxy) is 1. The first-order chi connectivity index (χ1) is 9.88. The van der Waals surface area contributed by atoms with Crippen LogP contribution in [0.25, 0.3) is 10.8 Å². The maximum atomic E-state index is 9.17. The number of rotatable bonds is 3. The van der Waals surface area contributed by atoms with E-state index < -0.39 is 0 Å². The summed E-state index contributed by atoms with van der Waals surface area (Å²) in [5, 5.41) is 11.2. The van der Waals surface area contributed by atoms with Crippen molar-refractivity contribution in [3.63, 3.8) is 0 Å². The molecule has 1 fully saturated rings. The van der Waals surface area contributed by atoms with Crippen LogP contribution in [0.1, 0.15) is 37.7 Å². The molecule has 0 amide bonds. The van der Waals surface area contributed by atoms with Crippen molar-refractivity contribution in [2.24, 2.45) is 5.92 Å². The van der Waals surface area contributed by atoms with Gasteiger partial charge in [-0.05, 0) is 30.9 Å². The molecule has 0 spiro atoms. The summed E-state index contributed by atoms with van der Waals surface area (Å²) < 4.78 is 6.05. The van der Waals surface area contributed by atoms with E-state index in [1.807, 2.05) is 36.4 Å². The Morgan fingerprint density at radius 1 is 1.00 bits per heavy atom. The van der Waals surface area contributed by atoms with Gasteiger partial charge in [0.2, 0.25) is 0 Å². The second-order valence-electron chi connectivity index (χ2n) is 5.58. The van der Waals surface area contributed by atoms with Crippen LogP contribution in [0.2, 0.25) is 0 Å². The van der Waals surface area contributed by atoms with Gasteiger partial charge < -0.3 is 4.74 Å². The third-order valence-corrected chi connectivity index (χ3v) is 4.20. The second-order valence-corrected chi connectivity index (χ2v) is 5.58. The van der Waals surface area contributed by atoms with Gasteiger partial charge in [0.05, 0.1) is 18.2 Å². The molecule has 0 radical (unpaired) electrons. The van der Waals surface area contributed by atoms with E-state index in [0.29, 0.717) is 11.5 Å². The molecule has 2 heteroatoms. The molecule has 2 nitrogen and oxygen atoms in total. The van der Waals surface area contributed by atoms with Gasteiger partial charge in [0.25, 0.3) is 0 Å². The monoisotopic (exact) mass is 265 g/mol. The normalized spacial score (nSPS) is 15.9. The Labute approximate surface area is 120 Å². The molecule has 0 atom stereocenters. The first-order valence-corrected chi connectivity index (χ1v) is 7.43. The Balaban J connectivity index is 1.83. The Kier molecular flexibility index (Phi) is 3.87. The van der Waals surface area contributed by atoms with E-state index in [2.05, 4.69) is 6.07 Å². The van der Waals surface area contributed by atoms with Gasteiger partial charge in [0.1, 0.15) is 5.75 Å². The van der Waals surface area contributed by atoms with Crippen LogP contribution in [-0.4, -0.2) is 6.61 Å². The standard InChI is InChI=1S/C18H19NO/c19-12-15-10-11-18(17-9-5-4-8-16(15)17)20-13-14-6-2-1-3-7-14/h4-5,8-11,14H,1-3,6-7,13H2. The van der Waals surface area contributed by atoms with Crippen molar-refractivity contribution < 1.29 is 4.74 Å². The van der Waals surface area contributed by atoms with E-state index >= 15 is 0 Å². The van der Waals surface area contributed by atoms with Crippen LogP contribution in [0.4, 0.5) is 0 Å². The Hall–Kier alpha value is -2.01. The van der Waals surface area contributed by atoms with Crippen LogP contribution in [0.3, 0.4) is 0 Å². The lowest BCUT2D eigenvalue weighted by Gasteiger charge is -2.22. The van der Waals surface area contributed by atoms with Crippen molar-refractivity contribution in [2.75, 3.05) is 6.61 Å². The van der Waals surface area contributed by atoms with Crippen LogP contribution in [0, 0.1) is 17.2 Å². The molecule has 2 aromatic carbocycles. The van der Waals surface area contributed by atoms with Crippen molar-refractivity contribution in [1.29, 1.82) is 5.26 Å². The predicted octanol–water partition coefficient (Wildman–Crippen LogP) is 4.67. The molecular formula is C18H19NO. The molecule has 2 aromatic rings. The summed E-state index contributed by atoms with van der Waals surface area (Å²) in [5.74, 6) is 1.60. The minimum Gasteiger partial charge on any atom is -0.493 e. The lowest BCUT2D eigenvalue weighted by Crippen LogP contribution is -2.15. The quantitative estimate of drug-likeness (QED) is 0.807. The number of nitriles is 1. The summed E-state index contributed by atoms with van der Waals surface area (Å²) in [7, 11) is 0. The molecular weight excluding hydrogens is 246 g/mol. The molecule has 102 valence electrons. The van der Waals surface area contributed by atoms with Crippen molar-refractivity contribution in [3.05, 3.63) is 42.0 Å². The van der Waals surface area contributed by atoms with Crippen molar-refractivity contribution in [2.45, 2.75) is 32.1 Å². The molecule has 3 rings (SSSR count). The van der Waals surface area contributed by atoms with Crippen molar-refractivity contribution in [1.82, 2.24) is 0 Å². The highest BCUT2D eigenvalue weighted by Gasteiger charge is 2.15. The lowest BCUT2D eigenvalue weighted by atomic mass is 9.90. The zero-order valence-electron chi connectivity index (χ0n) is 11.6. The highest BCUT2D eigenvalue weighted by atomic mass is 16.5. The van der Waals surface area contributed by atoms with Gasteiger partial charge >= 0.3 is 0 Å². The molecule has 0 saturated heterocycles. The van der Waals surface area contributed by atoms with Gasteiger partial charge in [-0.15, -0.1) is 0 Å². The van der Waals surface area contributed by atoms with E-state index in [1.165, 1.54) is 32.1 Å². The fourth-order valence-corrected chi connectivity index (χ4v) is 3.06. The van der Waals surface area contributed by atoms with Crippen LogP contribution < -0.4 is 4.74 Å². The van der Waals surface area contributed by atoms with Crippen molar-refractivity contribution in [3.8, 4) is 11.8 Å². The number of fused-ring (bicyclic) bond motifs is 1. The Bertz CT molecular complexity index is 635. The van der Waals surface area contributed by atoms with Crippen LogP contribution in [0.5, 0.6) is 5.75 Å². The summed E-state index contributed by atoms with van der Waals surface area (Å²) in [6, 6.07) is 14.0. The van der Waals surface area contributed by atoms with Gasteiger partial charge in [-0.2, -0.15) is 5.26 Å². The van der Waals surface area contributed by atoms with Crippen molar-refractivity contribution >= 4 is 10.8 Å². The molecule has 0 unspecified atom stereocenters. The SMILES string of the molecule is N#Cc1ccc(OCC2CCCCC2)c2ccccc12. The molecule has 0 aliphatic heterocycles. The fourth-order valence-electron chi connectivity index (χ4n) is 3.06. The summed E-state index contributed by atoms with van der Waals surface area (Å²) in [4.78, 5) is 0.